The Bertz CT molecular complexity index is 555. The predicted molar refractivity (Wildman–Crippen MR) is 71.5 cm³/mol. The molecule has 0 spiro atoms. The van der Waals surface area contributed by atoms with Crippen molar-refractivity contribution in [1.29, 1.82) is 0 Å². The van der Waals surface area contributed by atoms with Gasteiger partial charge in [0.05, 0.1) is 37.7 Å². The van der Waals surface area contributed by atoms with Crippen LogP contribution in [0.3, 0.4) is 0 Å². The Morgan fingerprint density at radius 3 is 2.48 bits per heavy atom. The van der Waals surface area contributed by atoms with Gasteiger partial charge in [-0.25, -0.2) is 0 Å². The molecule has 21 heavy (non-hydrogen) atoms. The van der Waals surface area contributed by atoms with E-state index in [4.69, 9.17) is 10.2 Å². The summed E-state index contributed by atoms with van der Waals surface area (Å²) in [4.78, 5) is 11.0. The molecular formula is C12H17NO7S. The molecule has 3 N–H and O–H groups in total. The first-order valence-corrected chi connectivity index (χ1v) is 7.41. The lowest BCUT2D eigenvalue weighted by Gasteiger charge is -2.09. The van der Waals surface area contributed by atoms with E-state index in [1.807, 2.05) is 0 Å². The lowest BCUT2D eigenvalue weighted by molar-refractivity contribution is -0.139. The number of benzene rings is 1. The van der Waals surface area contributed by atoms with Gasteiger partial charge in [0.15, 0.2) is 0 Å². The van der Waals surface area contributed by atoms with Crippen LogP contribution in [0.15, 0.2) is 29.2 Å². The summed E-state index contributed by atoms with van der Waals surface area (Å²) in [5, 5.41) is 17.6. The van der Waals surface area contributed by atoms with E-state index in [9.17, 15) is 13.2 Å². The number of hydrogen-bond donors (Lipinski definition) is 3. The highest BCUT2D eigenvalue weighted by Gasteiger charge is 2.16. The van der Waals surface area contributed by atoms with Crippen LogP contribution < -0.4 is 5.48 Å². The van der Waals surface area contributed by atoms with Gasteiger partial charge in [-0.3, -0.25) is 4.79 Å². The van der Waals surface area contributed by atoms with Gasteiger partial charge in [0.25, 0.3) is 0 Å². The zero-order chi connectivity index (χ0) is 15.9. The first-order chi connectivity index (χ1) is 9.89. The summed E-state index contributed by atoms with van der Waals surface area (Å²) in [5.41, 5.74) is 2.66. The topological polar surface area (TPSA) is 122 Å². The summed E-state index contributed by atoms with van der Waals surface area (Å²) < 4.78 is 32.5. The van der Waals surface area contributed by atoms with Crippen LogP contribution >= 0.6 is 0 Å². The van der Waals surface area contributed by atoms with Crippen molar-refractivity contribution in [1.82, 2.24) is 5.48 Å². The highest BCUT2D eigenvalue weighted by molar-refractivity contribution is 7.86. The standard InChI is InChI=1S/C12H17NO7S/c1-19-12(16)6-9-2-4-11(5-3-9)21(17,18)20-13-7-10(15)8-14/h2-5,10,13-15H,6-8H2,1H3. The lowest BCUT2D eigenvalue weighted by atomic mass is 10.2. The van der Waals surface area contributed by atoms with Crippen molar-refractivity contribution in [2.75, 3.05) is 20.3 Å². The normalized spacial score (nSPS) is 12.9. The summed E-state index contributed by atoms with van der Waals surface area (Å²) in [6.07, 6.45) is -1.08. The van der Waals surface area contributed by atoms with E-state index >= 15 is 0 Å². The number of rotatable bonds is 8. The van der Waals surface area contributed by atoms with E-state index in [0.29, 0.717) is 5.56 Å². The third-order valence-corrected chi connectivity index (χ3v) is 3.67. The molecule has 1 atom stereocenters. The smallest absolute Gasteiger partial charge is 0.312 e. The molecule has 1 aromatic rings. The van der Waals surface area contributed by atoms with Gasteiger partial charge >= 0.3 is 16.1 Å². The fourth-order valence-corrected chi connectivity index (χ4v) is 2.12. The second kappa shape index (κ2) is 8.05. The predicted octanol–water partition coefficient (Wildman–Crippen LogP) is -1.03. The maximum atomic E-state index is 11.8. The van der Waals surface area contributed by atoms with Crippen molar-refractivity contribution >= 4 is 16.1 Å². The highest BCUT2D eigenvalue weighted by Crippen LogP contribution is 2.13. The van der Waals surface area contributed by atoms with E-state index in [2.05, 4.69) is 14.5 Å². The van der Waals surface area contributed by atoms with Gasteiger partial charge < -0.3 is 14.9 Å². The van der Waals surface area contributed by atoms with Gasteiger partial charge in [-0.1, -0.05) is 12.1 Å². The quantitative estimate of drug-likeness (QED) is 0.410. The number of hydrogen-bond acceptors (Lipinski definition) is 8. The van der Waals surface area contributed by atoms with E-state index in [1.54, 1.807) is 0 Å². The molecule has 1 aromatic carbocycles. The van der Waals surface area contributed by atoms with Crippen LogP contribution in [0.1, 0.15) is 5.56 Å². The average Bonchev–Trinajstić information content (AvgIpc) is 2.47. The largest absolute Gasteiger partial charge is 0.469 e. The second-order valence-corrected chi connectivity index (χ2v) is 5.67. The van der Waals surface area contributed by atoms with E-state index in [-0.39, 0.29) is 17.9 Å². The summed E-state index contributed by atoms with van der Waals surface area (Å²) in [6.45, 7) is -0.755. The molecule has 0 saturated heterocycles. The fraction of sp³-hybridized carbons (Fsp3) is 0.417. The van der Waals surface area contributed by atoms with E-state index in [0.717, 1.165) is 0 Å². The maximum absolute atomic E-state index is 11.8. The number of carbonyl (C=O) groups is 1. The monoisotopic (exact) mass is 319 g/mol. The molecule has 0 bridgehead atoms. The molecule has 0 aliphatic rings. The molecule has 0 aliphatic carbocycles. The molecule has 9 heteroatoms. The summed E-state index contributed by atoms with van der Waals surface area (Å²) in [6, 6.07) is 5.51. The molecule has 0 aromatic heterocycles. The average molecular weight is 319 g/mol. The molecule has 0 heterocycles. The van der Waals surface area contributed by atoms with Crippen molar-refractivity contribution in [2.45, 2.75) is 17.4 Å². The molecular weight excluding hydrogens is 302 g/mol. The Balaban J connectivity index is 2.65. The Morgan fingerprint density at radius 1 is 1.33 bits per heavy atom. The number of carbonyl (C=O) groups excluding carboxylic acids is 1. The Kier molecular flexibility index (Phi) is 6.72. The van der Waals surface area contributed by atoms with Crippen LogP contribution in [0, 0.1) is 0 Å². The van der Waals surface area contributed by atoms with Gasteiger partial charge in [0, 0.05) is 0 Å². The van der Waals surface area contributed by atoms with Gasteiger partial charge in [0.2, 0.25) is 0 Å². The minimum atomic E-state index is -4.03. The summed E-state index contributed by atoms with van der Waals surface area (Å²) in [7, 11) is -2.77. The summed E-state index contributed by atoms with van der Waals surface area (Å²) >= 11 is 0. The van der Waals surface area contributed by atoms with Crippen molar-refractivity contribution < 1.29 is 32.4 Å². The van der Waals surface area contributed by atoms with Crippen molar-refractivity contribution in [3.8, 4) is 0 Å². The number of methoxy groups -OCH3 is 1. The zero-order valence-electron chi connectivity index (χ0n) is 11.4. The van der Waals surface area contributed by atoms with Crippen LogP contribution in [-0.2, 0) is 30.4 Å². The maximum Gasteiger partial charge on any atom is 0.312 e. The highest BCUT2D eigenvalue weighted by atomic mass is 32.2. The number of nitrogens with one attached hydrogen (secondary N) is 1. The van der Waals surface area contributed by atoms with Crippen molar-refractivity contribution in [2.24, 2.45) is 0 Å². The van der Waals surface area contributed by atoms with Gasteiger partial charge in [-0.15, -0.1) is 0 Å². The molecule has 0 amide bonds. The number of hydroxylamine groups is 1. The number of ether oxygens (including phenoxy) is 1. The first kappa shape index (κ1) is 17.5. The molecule has 0 saturated carbocycles. The number of aliphatic hydroxyl groups is 2. The van der Waals surface area contributed by atoms with Crippen molar-refractivity contribution in [3.05, 3.63) is 29.8 Å². The molecule has 0 aliphatic heterocycles. The van der Waals surface area contributed by atoms with Crippen LogP contribution in [0.2, 0.25) is 0 Å². The SMILES string of the molecule is COC(=O)Cc1ccc(S(=O)(=O)ONCC(O)CO)cc1. The van der Waals surface area contributed by atoms with Crippen LogP contribution in [0.25, 0.3) is 0 Å². The van der Waals surface area contributed by atoms with E-state index in [1.165, 1.54) is 31.4 Å². The molecule has 1 rings (SSSR count). The van der Waals surface area contributed by atoms with Crippen LogP contribution in [-0.4, -0.2) is 51.0 Å². The fourth-order valence-electron chi connectivity index (χ4n) is 1.33. The van der Waals surface area contributed by atoms with Crippen LogP contribution in [0.5, 0.6) is 0 Å². The molecule has 118 valence electrons. The minimum absolute atomic E-state index is 0.0403. The minimum Gasteiger partial charge on any atom is -0.469 e. The molecule has 1 unspecified atom stereocenters. The molecule has 0 fully saturated rings. The first-order valence-electron chi connectivity index (χ1n) is 6.00. The van der Waals surface area contributed by atoms with Gasteiger partial charge in [0.1, 0.15) is 0 Å². The van der Waals surface area contributed by atoms with E-state index < -0.39 is 28.8 Å². The lowest BCUT2D eigenvalue weighted by Crippen LogP contribution is -2.31. The third kappa shape index (κ3) is 5.78. The second-order valence-electron chi connectivity index (χ2n) is 4.12. The van der Waals surface area contributed by atoms with Gasteiger partial charge in [-0.2, -0.15) is 18.2 Å². The number of esters is 1. The Labute approximate surface area is 122 Å². The summed E-state index contributed by atoms with van der Waals surface area (Å²) in [5.74, 6) is -0.429. The third-order valence-electron chi connectivity index (χ3n) is 2.49. The van der Waals surface area contributed by atoms with Gasteiger partial charge in [-0.05, 0) is 17.7 Å². The molecule has 0 radical (unpaired) electrons. The number of aliphatic hydroxyl groups excluding tert-OH is 2. The van der Waals surface area contributed by atoms with Crippen LogP contribution in [0.4, 0.5) is 0 Å². The van der Waals surface area contributed by atoms with Crippen molar-refractivity contribution in [3.63, 3.8) is 0 Å². The Hall–Kier alpha value is -1.52. The molecule has 8 nitrogen and oxygen atoms in total. The Morgan fingerprint density at radius 2 is 1.95 bits per heavy atom. The zero-order valence-corrected chi connectivity index (χ0v) is 12.2.